The fourth-order valence-corrected chi connectivity index (χ4v) is 5.19. The summed E-state index contributed by atoms with van der Waals surface area (Å²) < 4.78 is 2.01. The van der Waals surface area contributed by atoms with Gasteiger partial charge in [0.2, 0.25) is 0 Å². The number of carbonyl (C=O) groups is 2. The van der Waals surface area contributed by atoms with Gasteiger partial charge in [-0.05, 0) is 49.2 Å². The third kappa shape index (κ3) is 4.75. The van der Waals surface area contributed by atoms with E-state index in [1.807, 2.05) is 33.7 Å². The van der Waals surface area contributed by atoms with Crippen molar-refractivity contribution in [1.82, 2.24) is 14.5 Å². The molecule has 3 heterocycles. The van der Waals surface area contributed by atoms with Crippen LogP contribution in [0.2, 0.25) is 10.0 Å². The summed E-state index contributed by atoms with van der Waals surface area (Å²) in [7, 11) is 1.67. The summed E-state index contributed by atoms with van der Waals surface area (Å²) in [6.07, 6.45) is 2.80. The zero-order chi connectivity index (χ0) is 24.5. The van der Waals surface area contributed by atoms with Gasteiger partial charge in [0.25, 0.3) is 11.8 Å². The van der Waals surface area contributed by atoms with E-state index in [0.29, 0.717) is 53.3 Å². The van der Waals surface area contributed by atoms with E-state index < -0.39 is 0 Å². The fraction of sp³-hybridized carbons (Fsp3) is 0.346. The zero-order valence-electron chi connectivity index (χ0n) is 19.6. The number of hydrogen-bond acceptors (Lipinski definition) is 4. The van der Waals surface area contributed by atoms with E-state index in [0.717, 1.165) is 37.3 Å². The highest BCUT2D eigenvalue weighted by Gasteiger charge is 2.33. The second-order valence-electron chi connectivity index (χ2n) is 8.94. The third-order valence-corrected chi connectivity index (χ3v) is 7.17. The van der Waals surface area contributed by atoms with Crippen LogP contribution < -0.4 is 9.80 Å². The van der Waals surface area contributed by atoms with Crippen molar-refractivity contribution in [3.8, 4) is 0 Å². The molecule has 7 nitrogen and oxygen atoms in total. The molecule has 0 spiro atoms. The molecule has 0 bridgehead atoms. The Morgan fingerprint density at radius 1 is 0.914 bits per heavy atom. The average molecular weight is 512 g/mol. The molecule has 2 amide bonds. The Bertz CT molecular complexity index is 1270. The summed E-state index contributed by atoms with van der Waals surface area (Å²) in [5.74, 6) is 0.937. The largest absolute Gasteiger partial charge is 0.368 e. The molecule has 3 aromatic rings. The first-order chi connectivity index (χ1) is 16.9. The number of benzene rings is 2. The van der Waals surface area contributed by atoms with Gasteiger partial charge >= 0.3 is 0 Å². The molecule has 5 rings (SSSR count). The molecule has 0 aliphatic carbocycles. The summed E-state index contributed by atoms with van der Waals surface area (Å²) in [5, 5.41) is 1.19. The quantitative estimate of drug-likeness (QED) is 0.506. The summed E-state index contributed by atoms with van der Waals surface area (Å²) in [6.45, 7) is 3.30. The SMILES string of the molecule is CN(C(=O)c1cccc(Cl)c1)c1nc2n(c1C(=O)N1CCN(c3cccc(Cl)c3)CC1)CCCC2. The third-order valence-electron chi connectivity index (χ3n) is 6.70. The smallest absolute Gasteiger partial charge is 0.274 e. The maximum absolute atomic E-state index is 13.8. The van der Waals surface area contributed by atoms with E-state index in [4.69, 9.17) is 28.2 Å². The molecule has 0 atom stereocenters. The molecule has 35 heavy (non-hydrogen) atoms. The number of aryl methyl sites for hydroxylation is 1. The van der Waals surface area contributed by atoms with Crippen LogP contribution in [0.25, 0.3) is 0 Å². The lowest BCUT2D eigenvalue weighted by atomic mass is 10.1. The van der Waals surface area contributed by atoms with Crippen molar-refractivity contribution >= 4 is 46.5 Å². The van der Waals surface area contributed by atoms with Gasteiger partial charge in [-0.2, -0.15) is 0 Å². The van der Waals surface area contributed by atoms with Crippen LogP contribution in [0.3, 0.4) is 0 Å². The maximum atomic E-state index is 13.8. The van der Waals surface area contributed by atoms with E-state index in [2.05, 4.69) is 4.90 Å². The maximum Gasteiger partial charge on any atom is 0.274 e. The van der Waals surface area contributed by atoms with Gasteiger partial charge in [-0.3, -0.25) is 14.5 Å². The molecule has 0 radical (unpaired) electrons. The number of carbonyl (C=O) groups excluding carboxylic acids is 2. The Morgan fingerprint density at radius 3 is 2.34 bits per heavy atom. The van der Waals surface area contributed by atoms with E-state index in [1.54, 1.807) is 31.3 Å². The van der Waals surface area contributed by atoms with Gasteiger partial charge < -0.3 is 14.4 Å². The molecule has 0 unspecified atom stereocenters. The summed E-state index contributed by atoms with van der Waals surface area (Å²) in [4.78, 5) is 37.4. The Kier molecular flexibility index (Phi) is 6.71. The Hall–Kier alpha value is -3.03. The predicted molar refractivity (Wildman–Crippen MR) is 139 cm³/mol. The molecule has 1 aromatic heterocycles. The minimum Gasteiger partial charge on any atom is -0.368 e. The van der Waals surface area contributed by atoms with Gasteiger partial charge in [0.15, 0.2) is 11.5 Å². The number of halogens is 2. The number of imidazole rings is 1. The van der Waals surface area contributed by atoms with Crippen molar-refractivity contribution in [2.24, 2.45) is 0 Å². The molecule has 0 saturated carbocycles. The fourth-order valence-electron chi connectivity index (χ4n) is 4.82. The molecular formula is C26H27Cl2N5O2. The Balaban J connectivity index is 1.40. The van der Waals surface area contributed by atoms with Crippen molar-refractivity contribution in [3.63, 3.8) is 0 Å². The van der Waals surface area contributed by atoms with Gasteiger partial charge in [0.05, 0.1) is 0 Å². The van der Waals surface area contributed by atoms with Gasteiger partial charge in [-0.15, -0.1) is 0 Å². The lowest BCUT2D eigenvalue weighted by Crippen LogP contribution is -2.49. The van der Waals surface area contributed by atoms with E-state index in [9.17, 15) is 9.59 Å². The van der Waals surface area contributed by atoms with Crippen LogP contribution in [-0.4, -0.2) is 59.5 Å². The Labute approximate surface area is 214 Å². The van der Waals surface area contributed by atoms with E-state index in [-0.39, 0.29) is 11.8 Å². The van der Waals surface area contributed by atoms with Crippen LogP contribution in [0.15, 0.2) is 48.5 Å². The number of fused-ring (bicyclic) bond motifs is 1. The van der Waals surface area contributed by atoms with Crippen molar-refractivity contribution in [3.05, 3.63) is 75.7 Å². The first-order valence-electron chi connectivity index (χ1n) is 11.8. The second-order valence-corrected chi connectivity index (χ2v) is 9.82. The number of nitrogens with zero attached hydrogens (tertiary/aromatic N) is 5. The molecule has 2 aliphatic heterocycles. The first kappa shape index (κ1) is 23.7. The van der Waals surface area contributed by atoms with Crippen LogP contribution in [0.4, 0.5) is 11.5 Å². The monoisotopic (exact) mass is 511 g/mol. The van der Waals surface area contributed by atoms with Crippen LogP contribution in [-0.2, 0) is 13.0 Å². The number of anilines is 2. The minimum absolute atomic E-state index is 0.0860. The summed E-state index contributed by atoms with van der Waals surface area (Å²) >= 11 is 12.3. The standard InChI is InChI=1S/C26H27Cl2N5O2/c1-30(25(34)18-6-4-7-19(27)16-18)24-23(33-11-3-2-10-22(33)29-24)26(35)32-14-12-31(13-15-32)21-9-5-8-20(28)17-21/h4-9,16-17H,2-3,10-15H2,1H3. The topological polar surface area (TPSA) is 61.7 Å². The highest BCUT2D eigenvalue weighted by molar-refractivity contribution is 6.31. The van der Waals surface area contributed by atoms with Crippen molar-refractivity contribution in [2.75, 3.05) is 43.0 Å². The van der Waals surface area contributed by atoms with E-state index in [1.165, 1.54) is 4.90 Å². The molecule has 182 valence electrons. The molecule has 0 N–H and O–H groups in total. The highest BCUT2D eigenvalue weighted by atomic mass is 35.5. The Morgan fingerprint density at radius 2 is 1.63 bits per heavy atom. The van der Waals surface area contributed by atoms with Gasteiger partial charge in [-0.1, -0.05) is 35.3 Å². The van der Waals surface area contributed by atoms with Crippen LogP contribution in [0, 0.1) is 0 Å². The zero-order valence-corrected chi connectivity index (χ0v) is 21.1. The van der Waals surface area contributed by atoms with Crippen molar-refractivity contribution in [1.29, 1.82) is 0 Å². The first-order valence-corrected chi connectivity index (χ1v) is 12.6. The molecule has 2 aromatic carbocycles. The van der Waals surface area contributed by atoms with Crippen molar-refractivity contribution in [2.45, 2.75) is 25.8 Å². The molecule has 9 heteroatoms. The van der Waals surface area contributed by atoms with Crippen LogP contribution >= 0.6 is 23.2 Å². The van der Waals surface area contributed by atoms with Gasteiger partial charge in [-0.25, -0.2) is 4.98 Å². The summed E-state index contributed by atoms with van der Waals surface area (Å²) in [5.41, 5.74) is 2.01. The predicted octanol–water partition coefficient (Wildman–Crippen LogP) is 4.77. The number of piperazine rings is 1. The van der Waals surface area contributed by atoms with Crippen LogP contribution in [0.1, 0.15) is 39.5 Å². The summed E-state index contributed by atoms with van der Waals surface area (Å²) in [6, 6.07) is 14.6. The molecule has 2 aliphatic rings. The number of amides is 2. The second kappa shape index (κ2) is 9.91. The number of hydrogen-bond donors (Lipinski definition) is 0. The average Bonchev–Trinajstić information content (AvgIpc) is 3.27. The lowest BCUT2D eigenvalue weighted by molar-refractivity contribution is 0.0735. The molecule has 1 saturated heterocycles. The highest BCUT2D eigenvalue weighted by Crippen LogP contribution is 2.29. The van der Waals surface area contributed by atoms with Crippen LogP contribution in [0.5, 0.6) is 0 Å². The van der Waals surface area contributed by atoms with Gasteiger partial charge in [0, 0.05) is 67.5 Å². The minimum atomic E-state index is -0.247. The van der Waals surface area contributed by atoms with Crippen molar-refractivity contribution < 1.29 is 9.59 Å². The molecule has 1 fully saturated rings. The molecular weight excluding hydrogens is 485 g/mol. The van der Waals surface area contributed by atoms with Gasteiger partial charge in [0.1, 0.15) is 5.82 Å². The number of aromatic nitrogens is 2. The lowest BCUT2D eigenvalue weighted by Gasteiger charge is -2.36. The normalized spacial score (nSPS) is 15.6. The number of rotatable bonds is 4. The van der Waals surface area contributed by atoms with E-state index >= 15 is 0 Å².